The summed E-state index contributed by atoms with van der Waals surface area (Å²) in [7, 11) is 0. The van der Waals surface area contributed by atoms with Crippen LogP contribution in [-0.2, 0) is 6.54 Å². The second-order valence-corrected chi connectivity index (χ2v) is 5.53. The molecule has 0 aliphatic heterocycles. The maximum absolute atomic E-state index is 11.7. The highest BCUT2D eigenvalue weighted by molar-refractivity contribution is 9.11. The topological polar surface area (TPSA) is 22.0 Å². The summed E-state index contributed by atoms with van der Waals surface area (Å²) in [5, 5.41) is 0. The van der Waals surface area contributed by atoms with E-state index < -0.39 is 0 Å². The third kappa shape index (κ3) is 2.11. The molecule has 2 nitrogen and oxygen atoms in total. The lowest BCUT2D eigenvalue weighted by molar-refractivity contribution is 0.273. The highest BCUT2D eigenvalue weighted by Crippen LogP contribution is 2.27. The first-order valence-electron chi connectivity index (χ1n) is 4.72. The number of pyridine rings is 1. The molecule has 0 bridgehead atoms. The van der Waals surface area contributed by atoms with Crippen molar-refractivity contribution < 1.29 is 0 Å². The van der Waals surface area contributed by atoms with E-state index in [2.05, 4.69) is 31.9 Å². The van der Waals surface area contributed by atoms with Crippen LogP contribution in [0.1, 0.15) is 19.3 Å². The molecule has 4 heteroatoms. The van der Waals surface area contributed by atoms with Crippen LogP contribution in [0.25, 0.3) is 0 Å². The van der Waals surface area contributed by atoms with E-state index in [1.807, 2.05) is 6.20 Å². The predicted octanol–water partition coefficient (Wildman–Crippen LogP) is 3.17. The van der Waals surface area contributed by atoms with E-state index in [0.717, 1.165) is 11.0 Å². The summed E-state index contributed by atoms with van der Waals surface area (Å²) in [4.78, 5) is 11.7. The minimum absolute atomic E-state index is 0.0695. The van der Waals surface area contributed by atoms with Crippen LogP contribution in [0.15, 0.2) is 26.0 Å². The highest BCUT2D eigenvalue weighted by Gasteiger charge is 2.18. The van der Waals surface area contributed by atoms with E-state index in [1.165, 1.54) is 19.3 Å². The van der Waals surface area contributed by atoms with Gasteiger partial charge in [0.05, 0.1) is 4.47 Å². The monoisotopic (exact) mass is 319 g/mol. The minimum Gasteiger partial charge on any atom is -0.313 e. The largest absolute Gasteiger partial charge is 0.313 e. The molecular formula is C10H11Br2NO. The first kappa shape index (κ1) is 10.4. The van der Waals surface area contributed by atoms with Crippen molar-refractivity contribution in [3.63, 3.8) is 0 Å². The molecule has 0 radical (unpaired) electrons. The van der Waals surface area contributed by atoms with Gasteiger partial charge in [0.25, 0.3) is 5.56 Å². The van der Waals surface area contributed by atoms with Crippen molar-refractivity contribution in [3.8, 4) is 0 Å². The summed E-state index contributed by atoms with van der Waals surface area (Å²) in [6.45, 7) is 0.858. The molecule has 1 aromatic rings. The summed E-state index contributed by atoms with van der Waals surface area (Å²) < 4.78 is 3.37. The summed E-state index contributed by atoms with van der Waals surface area (Å²) >= 11 is 6.65. The van der Waals surface area contributed by atoms with Gasteiger partial charge < -0.3 is 4.57 Å². The maximum Gasteiger partial charge on any atom is 0.264 e. The fourth-order valence-corrected chi connectivity index (χ4v) is 2.91. The molecule has 2 rings (SSSR count). The Bertz CT molecular complexity index is 396. The van der Waals surface area contributed by atoms with Crippen LogP contribution >= 0.6 is 31.9 Å². The van der Waals surface area contributed by atoms with E-state index in [9.17, 15) is 4.79 Å². The van der Waals surface area contributed by atoms with E-state index in [4.69, 9.17) is 0 Å². The Morgan fingerprint density at radius 3 is 2.71 bits per heavy atom. The third-order valence-corrected chi connectivity index (χ3v) is 3.69. The van der Waals surface area contributed by atoms with Crippen LogP contribution in [0.5, 0.6) is 0 Å². The molecule has 1 aliphatic rings. The van der Waals surface area contributed by atoms with Crippen molar-refractivity contribution in [2.75, 3.05) is 0 Å². The molecule has 0 spiro atoms. The average Bonchev–Trinajstić information content (AvgIpc) is 2.05. The van der Waals surface area contributed by atoms with Crippen LogP contribution in [0.4, 0.5) is 0 Å². The van der Waals surface area contributed by atoms with Gasteiger partial charge in [0.15, 0.2) is 0 Å². The van der Waals surface area contributed by atoms with Gasteiger partial charge in [0, 0.05) is 17.2 Å². The van der Waals surface area contributed by atoms with Gasteiger partial charge in [-0.15, -0.1) is 0 Å². The van der Waals surface area contributed by atoms with Crippen molar-refractivity contribution in [1.82, 2.24) is 4.57 Å². The van der Waals surface area contributed by atoms with E-state index in [-0.39, 0.29) is 5.56 Å². The fraction of sp³-hybridized carbons (Fsp3) is 0.500. The smallest absolute Gasteiger partial charge is 0.264 e. The van der Waals surface area contributed by atoms with Crippen LogP contribution in [0.2, 0.25) is 0 Å². The molecule has 0 aromatic carbocycles. The van der Waals surface area contributed by atoms with Gasteiger partial charge in [-0.1, -0.05) is 6.42 Å². The van der Waals surface area contributed by atoms with Gasteiger partial charge >= 0.3 is 0 Å². The van der Waals surface area contributed by atoms with Crippen LogP contribution in [0.3, 0.4) is 0 Å². The number of rotatable bonds is 2. The van der Waals surface area contributed by atoms with Crippen LogP contribution in [-0.4, -0.2) is 4.57 Å². The Morgan fingerprint density at radius 2 is 2.14 bits per heavy atom. The Hall–Kier alpha value is -0.0900. The van der Waals surface area contributed by atoms with Crippen molar-refractivity contribution in [2.45, 2.75) is 25.8 Å². The number of aromatic nitrogens is 1. The standard InChI is InChI=1S/C10H11Br2NO/c11-8-4-9(12)10(14)13(6-8)5-7-2-1-3-7/h4,6-7H,1-3,5H2. The Labute approximate surface area is 99.6 Å². The van der Waals surface area contributed by atoms with E-state index in [0.29, 0.717) is 10.4 Å². The normalized spacial score (nSPS) is 16.7. The van der Waals surface area contributed by atoms with Crippen LogP contribution in [0, 0.1) is 5.92 Å². The van der Waals surface area contributed by atoms with Crippen molar-refractivity contribution in [2.24, 2.45) is 5.92 Å². The molecule has 1 saturated carbocycles. The Kier molecular flexibility index (Phi) is 3.12. The molecule has 14 heavy (non-hydrogen) atoms. The summed E-state index contributed by atoms with van der Waals surface area (Å²) in [6.07, 6.45) is 5.70. The molecule has 0 saturated heterocycles. The zero-order valence-electron chi connectivity index (χ0n) is 7.67. The predicted molar refractivity (Wildman–Crippen MR) is 63.4 cm³/mol. The van der Waals surface area contributed by atoms with Crippen LogP contribution < -0.4 is 5.56 Å². The Morgan fingerprint density at radius 1 is 1.43 bits per heavy atom. The quantitative estimate of drug-likeness (QED) is 0.820. The third-order valence-electron chi connectivity index (χ3n) is 2.69. The van der Waals surface area contributed by atoms with Gasteiger partial charge in [0.2, 0.25) is 0 Å². The lowest BCUT2D eigenvalue weighted by atomic mass is 9.85. The van der Waals surface area contributed by atoms with Gasteiger partial charge in [-0.3, -0.25) is 4.79 Å². The lowest BCUT2D eigenvalue weighted by Crippen LogP contribution is -2.27. The highest BCUT2D eigenvalue weighted by atomic mass is 79.9. The molecule has 0 N–H and O–H groups in total. The Balaban J connectivity index is 2.27. The lowest BCUT2D eigenvalue weighted by Gasteiger charge is -2.26. The second kappa shape index (κ2) is 4.19. The molecule has 1 aromatic heterocycles. The van der Waals surface area contributed by atoms with Crippen molar-refractivity contribution in [3.05, 3.63) is 31.6 Å². The van der Waals surface area contributed by atoms with Crippen molar-refractivity contribution >= 4 is 31.9 Å². The maximum atomic E-state index is 11.7. The first-order valence-corrected chi connectivity index (χ1v) is 6.31. The van der Waals surface area contributed by atoms with Gasteiger partial charge in [-0.05, 0) is 56.7 Å². The molecular weight excluding hydrogens is 310 g/mol. The van der Waals surface area contributed by atoms with E-state index >= 15 is 0 Å². The number of hydrogen-bond donors (Lipinski definition) is 0. The molecule has 0 amide bonds. The summed E-state index contributed by atoms with van der Waals surface area (Å²) in [6, 6.07) is 1.79. The number of nitrogens with zero attached hydrogens (tertiary/aromatic N) is 1. The van der Waals surface area contributed by atoms with Gasteiger partial charge in [0.1, 0.15) is 0 Å². The SMILES string of the molecule is O=c1c(Br)cc(Br)cn1CC1CCC1. The summed E-state index contributed by atoms with van der Waals surface area (Å²) in [5.74, 6) is 0.703. The molecule has 1 heterocycles. The average molecular weight is 321 g/mol. The second-order valence-electron chi connectivity index (χ2n) is 3.76. The van der Waals surface area contributed by atoms with Gasteiger partial charge in [-0.2, -0.15) is 0 Å². The molecule has 76 valence electrons. The fourth-order valence-electron chi connectivity index (χ4n) is 1.65. The number of halogens is 2. The molecule has 1 fully saturated rings. The minimum atomic E-state index is 0.0695. The molecule has 1 aliphatic carbocycles. The molecule has 0 unspecified atom stereocenters. The van der Waals surface area contributed by atoms with E-state index in [1.54, 1.807) is 10.6 Å². The van der Waals surface area contributed by atoms with Crippen molar-refractivity contribution in [1.29, 1.82) is 0 Å². The number of hydrogen-bond acceptors (Lipinski definition) is 1. The van der Waals surface area contributed by atoms with Gasteiger partial charge in [-0.25, -0.2) is 0 Å². The molecule has 0 atom stereocenters. The first-order chi connectivity index (χ1) is 6.66. The zero-order valence-corrected chi connectivity index (χ0v) is 10.8. The summed E-state index contributed by atoms with van der Waals surface area (Å²) in [5.41, 5.74) is 0.0695. The zero-order chi connectivity index (χ0) is 10.1.